The van der Waals surface area contributed by atoms with E-state index in [0.29, 0.717) is 31.4 Å². The van der Waals surface area contributed by atoms with Gasteiger partial charge in [-0.3, -0.25) is 10.1 Å². The molecule has 0 aromatic carbocycles. The van der Waals surface area contributed by atoms with Gasteiger partial charge >= 0.3 is 6.09 Å². The number of nitro groups is 1. The van der Waals surface area contributed by atoms with E-state index in [0.717, 1.165) is 6.42 Å². The topological polar surface area (TPSA) is 97.6 Å². The van der Waals surface area contributed by atoms with Crippen molar-refractivity contribution in [1.29, 1.82) is 0 Å². The van der Waals surface area contributed by atoms with E-state index in [4.69, 9.17) is 4.74 Å². The second-order valence-corrected chi connectivity index (χ2v) is 6.62. The third-order valence-corrected chi connectivity index (χ3v) is 3.47. The SMILES string of the molecule is CC(C)(C)OC(=O)N1CCC(CNc2ccc([N+](=O)[O-])cn2)C1. The maximum absolute atomic E-state index is 12.0. The number of nitrogens with one attached hydrogen (secondary N) is 1. The normalized spacial score (nSPS) is 17.9. The first kappa shape index (κ1) is 17.0. The van der Waals surface area contributed by atoms with Gasteiger partial charge in [0.25, 0.3) is 5.69 Å². The van der Waals surface area contributed by atoms with Crippen LogP contribution in [0.4, 0.5) is 16.3 Å². The first-order valence-corrected chi connectivity index (χ1v) is 7.57. The molecule has 1 aromatic heterocycles. The molecule has 0 saturated carbocycles. The second-order valence-electron chi connectivity index (χ2n) is 6.62. The van der Waals surface area contributed by atoms with E-state index in [1.807, 2.05) is 20.8 Å². The molecule has 0 bridgehead atoms. The van der Waals surface area contributed by atoms with Crippen LogP contribution in [0.2, 0.25) is 0 Å². The van der Waals surface area contributed by atoms with Crippen LogP contribution in [-0.2, 0) is 4.74 Å². The number of carbonyl (C=O) groups excluding carboxylic acids is 1. The second kappa shape index (κ2) is 6.80. The van der Waals surface area contributed by atoms with Gasteiger partial charge in [0, 0.05) is 25.7 Å². The van der Waals surface area contributed by atoms with Gasteiger partial charge < -0.3 is 15.0 Å². The predicted octanol–water partition coefficient (Wildman–Crippen LogP) is 2.66. The van der Waals surface area contributed by atoms with E-state index < -0.39 is 10.5 Å². The maximum Gasteiger partial charge on any atom is 0.410 e. The Hall–Kier alpha value is -2.38. The summed E-state index contributed by atoms with van der Waals surface area (Å²) in [5.74, 6) is 0.894. The molecular formula is C15H22N4O4. The summed E-state index contributed by atoms with van der Waals surface area (Å²) in [5, 5.41) is 13.7. The number of pyridine rings is 1. The van der Waals surface area contributed by atoms with Gasteiger partial charge in [-0.2, -0.15) is 0 Å². The third-order valence-electron chi connectivity index (χ3n) is 3.47. The predicted molar refractivity (Wildman–Crippen MR) is 85.3 cm³/mol. The minimum Gasteiger partial charge on any atom is -0.444 e. The van der Waals surface area contributed by atoms with Crippen LogP contribution in [0.15, 0.2) is 18.3 Å². The van der Waals surface area contributed by atoms with Gasteiger partial charge in [-0.05, 0) is 39.2 Å². The molecule has 1 unspecified atom stereocenters. The highest BCUT2D eigenvalue weighted by Crippen LogP contribution is 2.20. The molecule has 1 N–H and O–H groups in total. The highest BCUT2D eigenvalue weighted by atomic mass is 16.6. The summed E-state index contributed by atoms with van der Waals surface area (Å²) in [4.78, 5) is 27.8. The van der Waals surface area contributed by atoms with Crippen molar-refractivity contribution in [2.24, 2.45) is 5.92 Å². The molecule has 23 heavy (non-hydrogen) atoms. The van der Waals surface area contributed by atoms with E-state index in [1.165, 1.54) is 12.3 Å². The van der Waals surface area contributed by atoms with E-state index in [1.54, 1.807) is 11.0 Å². The molecular weight excluding hydrogens is 300 g/mol. The van der Waals surface area contributed by atoms with Crippen molar-refractivity contribution in [3.8, 4) is 0 Å². The number of hydrogen-bond donors (Lipinski definition) is 1. The van der Waals surface area contributed by atoms with Crippen LogP contribution in [0.25, 0.3) is 0 Å². The van der Waals surface area contributed by atoms with Gasteiger partial charge in [0.2, 0.25) is 0 Å². The summed E-state index contributed by atoms with van der Waals surface area (Å²) in [6.45, 7) is 7.51. The van der Waals surface area contributed by atoms with Crippen LogP contribution in [0, 0.1) is 16.0 Å². The largest absolute Gasteiger partial charge is 0.444 e. The Bertz CT molecular complexity index is 568. The lowest BCUT2D eigenvalue weighted by Crippen LogP contribution is -2.35. The van der Waals surface area contributed by atoms with E-state index in [2.05, 4.69) is 10.3 Å². The molecule has 2 rings (SSSR count). The Kier molecular flexibility index (Phi) is 5.02. The summed E-state index contributed by atoms with van der Waals surface area (Å²) in [7, 11) is 0. The van der Waals surface area contributed by atoms with Gasteiger partial charge in [-0.1, -0.05) is 0 Å². The molecule has 126 valence electrons. The highest BCUT2D eigenvalue weighted by molar-refractivity contribution is 5.68. The fourth-order valence-electron chi connectivity index (χ4n) is 2.34. The van der Waals surface area contributed by atoms with Crippen LogP contribution in [0.1, 0.15) is 27.2 Å². The van der Waals surface area contributed by atoms with Crippen LogP contribution in [-0.4, -0.2) is 46.1 Å². The Labute approximate surface area is 135 Å². The molecule has 0 aliphatic carbocycles. The fraction of sp³-hybridized carbons (Fsp3) is 0.600. The number of anilines is 1. The molecule has 1 amide bonds. The zero-order valence-corrected chi connectivity index (χ0v) is 13.6. The van der Waals surface area contributed by atoms with Gasteiger partial charge in [0.1, 0.15) is 17.6 Å². The number of nitrogens with zero attached hydrogens (tertiary/aromatic N) is 3. The van der Waals surface area contributed by atoms with Crippen molar-refractivity contribution in [1.82, 2.24) is 9.88 Å². The van der Waals surface area contributed by atoms with Crippen LogP contribution in [0.3, 0.4) is 0 Å². The zero-order chi connectivity index (χ0) is 17.0. The first-order chi connectivity index (χ1) is 10.7. The molecule has 1 aromatic rings. The quantitative estimate of drug-likeness (QED) is 0.676. The molecule has 1 aliphatic heterocycles. The van der Waals surface area contributed by atoms with E-state index >= 15 is 0 Å². The Morgan fingerprint density at radius 2 is 2.26 bits per heavy atom. The molecule has 0 spiro atoms. The van der Waals surface area contributed by atoms with Gasteiger partial charge in [0.15, 0.2) is 0 Å². The van der Waals surface area contributed by atoms with Crippen molar-refractivity contribution >= 4 is 17.6 Å². The van der Waals surface area contributed by atoms with Crippen LogP contribution >= 0.6 is 0 Å². The van der Waals surface area contributed by atoms with Crippen molar-refractivity contribution in [2.75, 3.05) is 25.0 Å². The van der Waals surface area contributed by atoms with Crippen molar-refractivity contribution in [3.05, 3.63) is 28.4 Å². The molecule has 1 atom stereocenters. The smallest absolute Gasteiger partial charge is 0.410 e. The molecule has 0 radical (unpaired) electrons. The number of ether oxygens (including phenoxy) is 1. The Balaban J connectivity index is 1.79. The van der Waals surface area contributed by atoms with Crippen LogP contribution in [0.5, 0.6) is 0 Å². The number of aromatic nitrogens is 1. The van der Waals surface area contributed by atoms with Crippen molar-refractivity contribution < 1.29 is 14.5 Å². The van der Waals surface area contributed by atoms with E-state index in [9.17, 15) is 14.9 Å². The lowest BCUT2D eigenvalue weighted by atomic mass is 10.1. The average Bonchev–Trinajstić information content (AvgIpc) is 2.93. The molecule has 1 saturated heterocycles. The van der Waals surface area contributed by atoms with Gasteiger partial charge in [-0.25, -0.2) is 9.78 Å². The summed E-state index contributed by atoms with van der Waals surface area (Å²) in [5.41, 5.74) is -0.525. The first-order valence-electron chi connectivity index (χ1n) is 7.57. The lowest BCUT2D eigenvalue weighted by Gasteiger charge is -2.24. The molecule has 1 fully saturated rings. The number of rotatable bonds is 4. The summed E-state index contributed by atoms with van der Waals surface area (Å²) in [6, 6.07) is 3.00. The maximum atomic E-state index is 12.0. The number of amides is 1. The number of likely N-dealkylation sites (tertiary alicyclic amines) is 1. The lowest BCUT2D eigenvalue weighted by molar-refractivity contribution is -0.385. The number of hydrogen-bond acceptors (Lipinski definition) is 6. The van der Waals surface area contributed by atoms with E-state index in [-0.39, 0.29) is 11.8 Å². The molecule has 2 heterocycles. The summed E-state index contributed by atoms with van der Waals surface area (Å²) in [6.07, 6.45) is 1.83. The Morgan fingerprint density at radius 1 is 1.52 bits per heavy atom. The van der Waals surface area contributed by atoms with Gasteiger partial charge in [0.05, 0.1) is 4.92 Å². The minimum absolute atomic E-state index is 0.0347. The minimum atomic E-state index is -0.490. The summed E-state index contributed by atoms with van der Waals surface area (Å²) < 4.78 is 5.36. The standard InChI is InChI=1S/C15H22N4O4/c1-15(2,3)23-14(20)18-7-6-11(10-18)8-16-13-5-4-12(9-17-13)19(21)22/h4-5,9,11H,6-8,10H2,1-3H3,(H,16,17). The van der Waals surface area contributed by atoms with Crippen LogP contribution < -0.4 is 5.32 Å². The number of carbonyl (C=O) groups is 1. The van der Waals surface area contributed by atoms with Crippen molar-refractivity contribution in [3.63, 3.8) is 0 Å². The Morgan fingerprint density at radius 3 is 2.83 bits per heavy atom. The monoisotopic (exact) mass is 322 g/mol. The highest BCUT2D eigenvalue weighted by Gasteiger charge is 2.29. The third kappa shape index (κ3) is 5.08. The summed E-state index contributed by atoms with van der Waals surface area (Å²) >= 11 is 0. The van der Waals surface area contributed by atoms with Gasteiger partial charge in [-0.15, -0.1) is 0 Å². The molecule has 8 heteroatoms. The fourth-order valence-corrected chi connectivity index (χ4v) is 2.34. The van der Waals surface area contributed by atoms with Crippen molar-refractivity contribution in [2.45, 2.75) is 32.8 Å². The molecule has 1 aliphatic rings. The molecule has 8 nitrogen and oxygen atoms in total. The average molecular weight is 322 g/mol. The zero-order valence-electron chi connectivity index (χ0n) is 13.6.